The van der Waals surface area contributed by atoms with Crippen molar-refractivity contribution in [2.75, 3.05) is 11.9 Å². The molecule has 19 heavy (non-hydrogen) atoms. The van der Waals surface area contributed by atoms with Crippen LogP contribution >= 0.6 is 0 Å². The minimum Gasteiger partial charge on any atom is -0.481 e. The fourth-order valence-corrected chi connectivity index (χ4v) is 2.62. The van der Waals surface area contributed by atoms with Crippen LogP contribution in [0.25, 0.3) is 0 Å². The summed E-state index contributed by atoms with van der Waals surface area (Å²) in [7, 11) is 1.66. The highest BCUT2D eigenvalue weighted by Gasteiger charge is 2.30. The van der Waals surface area contributed by atoms with Crippen molar-refractivity contribution in [1.29, 1.82) is 0 Å². The number of carbonyl (C=O) groups is 1. The molecule has 0 spiro atoms. The van der Waals surface area contributed by atoms with Gasteiger partial charge in [-0.15, -0.1) is 0 Å². The number of nitrogens with zero attached hydrogens (tertiary/aromatic N) is 2. The summed E-state index contributed by atoms with van der Waals surface area (Å²) in [6.45, 7) is 0.489. The Morgan fingerprint density at radius 3 is 3.00 bits per heavy atom. The van der Waals surface area contributed by atoms with Crippen LogP contribution < -0.4 is 10.9 Å². The van der Waals surface area contributed by atoms with Gasteiger partial charge < -0.3 is 15.0 Å². The normalized spacial score (nSPS) is 23.0. The summed E-state index contributed by atoms with van der Waals surface area (Å²) in [5, 5.41) is 12.2. The number of carboxylic acids is 1. The number of hydrogen-bond acceptors (Lipinski definition) is 4. The summed E-state index contributed by atoms with van der Waals surface area (Å²) in [5.41, 5.74) is -0.190. The van der Waals surface area contributed by atoms with Crippen molar-refractivity contribution < 1.29 is 9.90 Å². The number of aliphatic carboxylic acids is 1. The van der Waals surface area contributed by atoms with Crippen LogP contribution in [0.5, 0.6) is 0 Å². The lowest BCUT2D eigenvalue weighted by Crippen LogP contribution is -2.33. The standard InChI is InChI=1S/C13H19N3O3/c1-16-7-6-14-11(12(16)17)15-8-9-4-2-3-5-10(9)13(18)19/h6-7,9-10H,2-5,8H2,1H3,(H,14,15)(H,18,19). The van der Waals surface area contributed by atoms with Crippen molar-refractivity contribution in [3.63, 3.8) is 0 Å². The maximum absolute atomic E-state index is 11.8. The molecule has 0 bridgehead atoms. The first-order valence-corrected chi connectivity index (χ1v) is 6.58. The van der Waals surface area contributed by atoms with Crippen molar-refractivity contribution in [3.8, 4) is 0 Å². The molecule has 6 heteroatoms. The fourth-order valence-electron chi connectivity index (χ4n) is 2.62. The molecule has 0 saturated heterocycles. The molecule has 1 aliphatic carbocycles. The van der Waals surface area contributed by atoms with Crippen molar-refractivity contribution in [2.24, 2.45) is 18.9 Å². The smallest absolute Gasteiger partial charge is 0.306 e. The van der Waals surface area contributed by atoms with Gasteiger partial charge in [-0.1, -0.05) is 12.8 Å². The third-order valence-corrected chi connectivity index (χ3v) is 3.77. The van der Waals surface area contributed by atoms with Crippen LogP contribution in [-0.2, 0) is 11.8 Å². The minimum atomic E-state index is -0.736. The largest absolute Gasteiger partial charge is 0.481 e. The lowest BCUT2D eigenvalue weighted by Gasteiger charge is -2.28. The van der Waals surface area contributed by atoms with Crippen LogP contribution in [-0.4, -0.2) is 27.2 Å². The second-order valence-corrected chi connectivity index (χ2v) is 5.06. The molecule has 2 rings (SSSR count). The zero-order valence-electron chi connectivity index (χ0n) is 11.0. The topological polar surface area (TPSA) is 84.2 Å². The van der Waals surface area contributed by atoms with Gasteiger partial charge in [-0.3, -0.25) is 9.59 Å². The van der Waals surface area contributed by atoms with Crippen molar-refractivity contribution in [1.82, 2.24) is 9.55 Å². The summed E-state index contributed by atoms with van der Waals surface area (Å²) >= 11 is 0. The summed E-state index contributed by atoms with van der Waals surface area (Å²) in [6, 6.07) is 0. The molecule has 6 nitrogen and oxygen atoms in total. The molecule has 1 aromatic heterocycles. The van der Waals surface area contributed by atoms with Gasteiger partial charge in [-0.05, 0) is 18.8 Å². The van der Waals surface area contributed by atoms with Gasteiger partial charge in [0, 0.05) is 26.0 Å². The molecule has 0 aliphatic heterocycles. The first-order valence-electron chi connectivity index (χ1n) is 6.58. The molecule has 2 unspecified atom stereocenters. The Bertz CT molecular complexity index is 512. The summed E-state index contributed by atoms with van der Waals surface area (Å²) in [6.07, 6.45) is 6.78. The maximum Gasteiger partial charge on any atom is 0.306 e. The molecule has 2 atom stereocenters. The molecule has 0 radical (unpaired) electrons. The van der Waals surface area contributed by atoms with Gasteiger partial charge in [0.25, 0.3) is 5.56 Å². The summed E-state index contributed by atoms with van der Waals surface area (Å²) < 4.78 is 1.45. The fraction of sp³-hybridized carbons (Fsp3) is 0.615. The van der Waals surface area contributed by atoms with Gasteiger partial charge in [0.05, 0.1) is 5.92 Å². The van der Waals surface area contributed by atoms with E-state index in [9.17, 15) is 14.7 Å². The molecule has 1 saturated carbocycles. The van der Waals surface area contributed by atoms with E-state index in [2.05, 4.69) is 10.3 Å². The third-order valence-electron chi connectivity index (χ3n) is 3.77. The summed E-state index contributed by atoms with van der Waals surface area (Å²) in [5.74, 6) is -0.688. The quantitative estimate of drug-likeness (QED) is 0.851. The Morgan fingerprint density at radius 1 is 1.53 bits per heavy atom. The second kappa shape index (κ2) is 5.86. The highest BCUT2D eigenvalue weighted by Crippen LogP contribution is 2.30. The van der Waals surface area contributed by atoms with E-state index < -0.39 is 5.97 Å². The molecular formula is C13H19N3O3. The Labute approximate surface area is 111 Å². The number of anilines is 1. The average Bonchev–Trinajstić information content (AvgIpc) is 2.40. The third kappa shape index (κ3) is 3.13. The van der Waals surface area contributed by atoms with Crippen LogP contribution in [0.1, 0.15) is 25.7 Å². The van der Waals surface area contributed by atoms with E-state index in [1.807, 2.05) is 0 Å². The maximum atomic E-state index is 11.8. The highest BCUT2D eigenvalue weighted by molar-refractivity contribution is 5.70. The van der Waals surface area contributed by atoms with E-state index in [0.717, 1.165) is 25.7 Å². The SMILES string of the molecule is Cn1ccnc(NCC2CCCCC2C(=O)O)c1=O. The Kier molecular flexibility index (Phi) is 4.19. The lowest BCUT2D eigenvalue weighted by atomic mass is 9.79. The van der Waals surface area contributed by atoms with Gasteiger partial charge >= 0.3 is 5.97 Å². The van der Waals surface area contributed by atoms with Crippen LogP contribution in [0.3, 0.4) is 0 Å². The van der Waals surface area contributed by atoms with Gasteiger partial charge in [0.2, 0.25) is 0 Å². The molecule has 1 aromatic rings. The Hall–Kier alpha value is -1.85. The molecular weight excluding hydrogens is 246 g/mol. The number of hydrogen-bond donors (Lipinski definition) is 2. The van der Waals surface area contributed by atoms with E-state index >= 15 is 0 Å². The predicted octanol–water partition coefficient (Wildman–Crippen LogP) is 1.08. The van der Waals surface area contributed by atoms with Crippen molar-refractivity contribution >= 4 is 11.8 Å². The number of carboxylic acid groups (broad SMARTS) is 1. The van der Waals surface area contributed by atoms with Crippen LogP contribution in [0.15, 0.2) is 17.2 Å². The van der Waals surface area contributed by atoms with Crippen LogP contribution in [0, 0.1) is 11.8 Å². The molecule has 1 aliphatic rings. The lowest BCUT2D eigenvalue weighted by molar-refractivity contribution is -0.144. The van der Waals surface area contributed by atoms with Gasteiger partial charge in [-0.25, -0.2) is 4.98 Å². The number of nitrogens with one attached hydrogen (secondary N) is 1. The first kappa shape index (κ1) is 13.6. The van der Waals surface area contributed by atoms with Gasteiger partial charge in [0.15, 0.2) is 5.82 Å². The minimum absolute atomic E-state index is 0.0676. The van der Waals surface area contributed by atoms with Crippen LogP contribution in [0.4, 0.5) is 5.82 Å². The zero-order valence-corrected chi connectivity index (χ0v) is 11.0. The number of rotatable bonds is 4. The molecule has 0 aromatic carbocycles. The molecule has 0 amide bonds. The summed E-state index contributed by atoms with van der Waals surface area (Å²) in [4.78, 5) is 27.0. The van der Waals surface area contributed by atoms with Crippen molar-refractivity contribution in [3.05, 3.63) is 22.7 Å². The number of aryl methyl sites for hydroxylation is 1. The Morgan fingerprint density at radius 2 is 2.26 bits per heavy atom. The van der Waals surface area contributed by atoms with Gasteiger partial charge in [-0.2, -0.15) is 0 Å². The second-order valence-electron chi connectivity index (χ2n) is 5.06. The Balaban J connectivity index is 2.02. The predicted molar refractivity (Wildman–Crippen MR) is 71.1 cm³/mol. The zero-order chi connectivity index (χ0) is 13.8. The molecule has 104 valence electrons. The highest BCUT2D eigenvalue weighted by atomic mass is 16.4. The van der Waals surface area contributed by atoms with E-state index in [-0.39, 0.29) is 17.4 Å². The van der Waals surface area contributed by atoms with E-state index in [0.29, 0.717) is 12.4 Å². The number of aromatic nitrogens is 2. The van der Waals surface area contributed by atoms with E-state index in [1.165, 1.54) is 4.57 Å². The first-order chi connectivity index (χ1) is 9.09. The molecule has 2 N–H and O–H groups in total. The van der Waals surface area contributed by atoms with Crippen molar-refractivity contribution in [2.45, 2.75) is 25.7 Å². The van der Waals surface area contributed by atoms with Crippen LogP contribution in [0.2, 0.25) is 0 Å². The molecule has 1 heterocycles. The monoisotopic (exact) mass is 265 g/mol. The average molecular weight is 265 g/mol. The van der Waals surface area contributed by atoms with E-state index in [1.54, 1.807) is 19.4 Å². The van der Waals surface area contributed by atoms with E-state index in [4.69, 9.17) is 0 Å². The molecule has 1 fully saturated rings. The van der Waals surface area contributed by atoms with Gasteiger partial charge in [0.1, 0.15) is 0 Å².